The van der Waals surface area contributed by atoms with Gasteiger partial charge in [-0.15, -0.1) is 0 Å². The minimum absolute atomic E-state index is 0.0421. The van der Waals surface area contributed by atoms with Gasteiger partial charge in [0.2, 0.25) is 0 Å². The number of rotatable bonds is 2. The molecule has 0 atom stereocenters. The topological polar surface area (TPSA) is 65.2 Å². The lowest BCUT2D eigenvalue weighted by atomic mass is 10.4. The molecule has 1 aromatic rings. The molecule has 1 aliphatic heterocycles. The number of hydrogen-bond acceptors (Lipinski definition) is 3. The number of H-pyrrole nitrogens is 1. The summed E-state index contributed by atoms with van der Waals surface area (Å²) in [6.07, 6.45) is 2.17. The zero-order valence-electron chi connectivity index (χ0n) is 8.28. The van der Waals surface area contributed by atoms with Crippen LogP contribution in [0.1, 0.15) is 18.5 Å². The molecule has 0 aromatic carbocycles. The van der Waals surface area contributed by atoms with Gasteiger partial charge in [-0.3, -0.25) is 4.79 Å². The monoisotopic (exact) mass is 227 g/mol. The molecule has 0 spiro atoms. The summed E-state index contributed by atoms with van der Waals surface area (Å²) < 4.78 is 0. The highest BCUT2D eigenvalue weighted by Crippen LogP contribution is 2.07. The van der Waals surface area contributed by atoms with E-state index < -0.39 is 0 Å². The second kappa shape index (κ2) is 4.48. The van der Waals surface area contributed by atoms with Gasteiger partial charge in [-0.05, 0) is 12.8 Å². The summed E-state index contributed by atoms with van der Waals surface area (Å²) in [6, 6.07) is -0.0421. The van der Waals surface area contributed by atoms with Gasteiger partial charge >= 0.3 is 10.9 Å². The van der Waals surface area contributed by atoms with Gasteiger partial charge in [0.05, 0.1) is 6.54 Å². The number of hydrogen-bond donors (Lipinski definition) is 2. The second-order valence-electron chi connectivity index (χ2n) is 3.53. The third-order valence-corrected chi connectivity index (χ3v) is 3.11. The van der Waals surface area contributed by atoms with Gasteiger partial charge in [0.1, 0.15) is 0 Å². The number of thiazole rings is 1. The van der Waals surface area contributed by atoms with E-state index in [0.717, 1.165) is 43.0 Å². The Morgan fingerprint density at radius 3 is 2.87 bits per heavy atom. The van der Waals surface area contributed by atoms with E-state index in [1.807, 2.05) is 0 Å². The number of aromatic nitrogens is 1. The van der Waals surface area contributed by atoms with Crippen LogP contribution in [-0.2, 0) is 6.54 Å². The average Bonchev–Trinajstić information content (AvgIpc) is 2.84. The molecule has 82 valence electrons. The largest absolute Gasteiger partial charge is 0.332 e. The van der Waals surface area contributed by atoms with Crippen LogP contribution in [0.15, 0.2) is 10.2 Å². The summed E-state index contributed by atoms with van der Waals surface area (Å²) in [6.45, 7) is 2.08. The van der Waals surface area contributed by atoms with Crippen molar-refractivity contribution in [2.45, 2.75) is 19.4 Å². The summed E-state index contributed by atoms with van der Waals surface area (Å²) in [5.41, 5.74) is 0.762. The summed E-state index contributed by atoms with van der Waals surface area (Å²) in [5, 5.41) is 4.51. The van der Waals surface area contributed by atoms with Crippen LogP contribution in [0.3, 0.4) is 0 Å². The highest BCUT2D eigenvalue weighted by atomic mass is 32.1. The second-order valence-corrected chi connectivity index (χ2v) is 4.37. The van der Waals surface area contributed by atoms with Crippen molar-refractivity contribution in [3.63, 3.8) is 0 Å². The molecule has 1 aliphatic rings. The van der Waals surface area contributed by atoms with Crippen molar-refractivity contribution in [3.8, 4) is 0 Å². The number of nitrogens with one attached hydrogen (secondary N) is 2. The minimum Gasteiger partial charge on any atom is -0.332 e. The van der Waals surface area contributed by atoms with Crippen LogP contribution >= 0.6 is 11.3 Å². The van der Waals surface area contributed by atoms with E-state index in [0.29, 0.717) is 6.54 Å². The number of nitrogens with zero attached hydrogens (tertiary/aromatic N) is 1. The molecule has 15 heavy (non-hydrogen) atoms. The maximum Gasteiger partial charge on any atom is 0.317 e. The standard InChI is InChI=1S/C9H13N3O2S/c13-8(12-3-1-2-4-12)10-5-7-6-15-9(14)11-7/h6H,1-5H2,(H,10,13)(H,11,14). The molecule has 2 amide bonds. The Morgan fingerprint density at radius 2 is 2.27 bits per heavy atom. The molecule has 0 radical (unpaired) electrons. The van der Waals surface area contributed by atoms with Crippen LogP contribution in [0.5, 0.6) is 0 Å². The summed E-state index contributed by atoms with van der Waals surface area (Å²) in [4.78, 5) is 26.7. The van der Waals surface area contributed by atoms with Crippen molar-refractivity contribution in [1.29, 1.82) is 0 Å². The van der Waals surface area contributed by atoms with Crippen molar-refractivity contribution in [2.24, 2.45) is 0 Å². The average molecular weight is 227 g/mol. The van der Waals surface area contributed by atoms with Gasteiger partial charge in [0.15, 0.2) is 0 Å². The molecule has 0 aliphatic carbocycles. The molecular formula is C9H13N3O2S. The first-order valence-corrected chi connectivity index (χ1v) is 5.83. The van der Waals surface area contributed by atoms with Crippen molar-refractivity contribution in [1.82, 2.24) is 15.2 Å². The molecule has 2 heterocycles. The van der Waals surface area contributed by atoms with Crippen LogP contribution in [0.4, 0.5) is 4.79 Å². The molecule has 1 aromatic heterocycles. The number of aromatic amines is 1. The Balaban J connectivity index is 1.82. The van der Waals surface area contributed by atoms with Crippen LogP contribution < -0.4 is 10.2 Å². The Kier molecular flexibility index (Phi) is 3.05. The predicted molar refractivity (Wildman–Crippen MR) is 58.0 cm³/mol. The van der Waals surface area contributed by atoms with E-state index in [4.69, 9.17) is 0 Å². The molecular weight excluding hydrogens is 214 g/mol. The summed E-state index contributed by atoms with van der Waals surface area (Å²) >= 11 is 1.11. The minimum atomic E-state index is -0.0829. The van der Waals surface area contributed by atoms with Gasteiger partial charge < -0.3 is 15.2 Å². The molecule has 2 N–H and O–H groups in total. The fourth-order valence-corrected chi connectivity index (χ4v) is 2.18. The lowest BCUT2D eigenvalue weighted by Crippen LogP contribution is -2.37. The van der Waals surface area contributed by atoms with Gasteiger partial charge in [0.25, 0.3) is 0 Å². The lowest BCUT2D eigenvalue weighted by Gasteiger charge is -2.15. The zero-order valence-corrected chi connectivity index (χ0v) is 9.10. The highest BCUT2D eigenvalue weighted by Gasteiger charge is 2.17. The molecule has 1 fully saturated rings. The fraction of sp³-hybridized carbons (Fsp3) is 0.556. The fourth-order valence-electron chi connectivity index (χ4n) is 1.60. The summed E-state index contributed by atoms with van der Waals surface area (Å²) in [7, 11) is 0. The molecule has 0 bridgehead atoms. The Bertz CT molecular complexity index is 392. The predicted octanol–water partition coefficient (Wildman–Crippen LogP) is 0.742. The van der Waals surface area contributed by atoms with Crippen LogP contribution in [0, 0.1) is 0 Å². The maximum atomic E-state index is 11.6. The Labute approximate surface area is 91.1 Å². The van der Waals surface area contributed by atoms with Crippen molar-refractivity contribution >= 4 is 17.4 Å². The van der Waals surface area contributed by atoms with Crippen LogP contribution in [0.2, 0.25) is 0 Å². The van der Waals surface area contributed by atoms with Gasteiger partial charge in [-0.25, -0.2) is 4.79 Å². The van der Waals surface area contributed by atoms with E-state index in [2.05, 4.69) is 10.3 Å². The maximum absolute atomic E-state index is 11.6. The van der Waals surface area contributed by atoms with Gasteiger partial charge in [-0.2, -0.15) is 0 Å². The van der Waals surface area contributed by atoms with Crippen molar-refractivity contribution in [3.05, 3.63) is 20.7 Å². The quantitative estimate of drug-likeness (QED) is 0.782. The SMILES string of the molecule is O=C(NCc1csc(=O)[nH]1)N1CCCC1. The highest BCUT2D eigenvalue weighted by molar-refractivity contribution is 7.07. The number of urea groups is 1. The van der Waals surface area contributed by atoms with Gasteiger partial charge in [0, 0.05) is 24.2 Å². The molecule has 2 rings (SSSR count). The normalized spacial score (nSPS) is 15.6. The zero-order chi connectivity index (χ0) is 10.7. The van der Waals surface area contributed by atoms with E-state index in [1.165, 1.54) is 0 Å². The summed E-state index contributed by atoms with van der Waals surface area (Å²) in [5.74, 6) is 0. The molecule has 5 nitrogen and oxygen atoms in total. The smallest absolute Gasteiger partial charge is 0.317 e. The molecule has 1 saturated heterocycles. The first-order chi connectivity index (χ1) is 7.25. The lowest BCUT2D eigenvalue weighted by molar-refractivity contribution is 0.208. The number of carbonyl (C=O) groups excluding carboxylic acids is 1. The first kappa shape index (κ1) is 10.2. The Morgan fingerprint density at radius 1 is 1.53 bits per heavy atom. The van der Waals surface area contributed by atoms with Gasteiger partial charge in [-0.1, -0.05) is 11.3 Å². The third-order valence-electron chi connectivity index (χ3n) is 2.39. The molecule has 0 saturated carbocycles. The number of carbonyl (C=O) groups is 1. The van der Waals surface area contributed by atoms with Crippen LogP contribution in [0.25, 0.3) is 0 Å². The first-order valence-electron chi connectivity index (χ1n) is 4.95. The van der Waals surface area contributed by atoms with E-state index in [-0.39, 0.29) is 10.9 Å². The number of amides is 2. The van der Waals surface area contributed by atoms with E-state index in [1.54, 1.807) is 10.3 Å². The number of likely N-dealkylation sites (tertiary alicyclic amines) is 1. The van der Waals surface area contributed by atoms with Crippen molar-refractivity contribution in [2.75, 3.05) is 13.1 Å². The third kappa shape index (κ3) is 2.59. The van der Waals surface area contributed by atoms with Crippen LogP contribution in [-0.4, -0.2) is 29.0 Å². The molecule has 0 unspecified atom stereocenters. The van der Waals surface area contributed by atoms with E-state index >= 15 is 0 Å². The van der Waals surface area contributed by atoms with E-state index in [9.17, 15) is 9.59 Å². The molecule has 6 heteroatoms. The van der Waals surface area contributed by atoms with Crippen molar-refractivity contribution < 1.29 is 4.79 Å². The Hall–Kier alpha value is -1.30.